The number of benzene rings is 2. The van der Waals surface area contributed by atoms with Gasteiger partial charge in [-0.05, 0) is 41.0 Å². The van der Waals surface area contributed by atoms with Gasteiger partial charge in [-0.25, -0.2) is 4.79 Å². The summed E-state index contributed by atoms with van der Waals surface area (Å²) in [5, 5.41) is 14.8. The number of carbonyl (C=O) groups is 3. The lowest BCUT2D eigenvalue weighted by Crippen LogP contribution is -2.47. The predicted octanol–water partition coefficient (Wildman–Crippen LogP) is 4.70. The first kappa shape index (κ1) is 24.8. The third-order valence-electron chi connectivity index (χ3n) is 7.15. The lowest BCUT2D eigenvalue weighted by atomic mass is 9.93. The van der Waals surface area contributed by atoms with E-state index in [1.54, 1.807) is 6.92 Å². The van der Waals surface area contributed by atoms with Crippen LogP contribution in [0.5, 0.6) is 0 Å². The van der Waals surface area contributed by atoms with Gasteiger partial charge in [0.2, 0.25) is 5.91 Å². The average molecular weight is 479 g/mol. The van der Waals surface area contributed by atoms with Crippen LogP contribution in [0.4, 0.5) is 4.79 Å². The van der Waals surface area contributed by atoms with Crippen LogP contribution in [0.15, 0.2) is 48.5 Å². The van der Waals surface area contributed by atoms with Crippen LogP contribution in [0.2, 0.25) is 0 Å². The minimum atomic E-state index is -0.879. The maximum Gasteiger partial charge on any atom is 0.407 e. The van der Waals surface area contributed by atoms with Crippen molar-refractivity contribution in [3.63, 3.8) is 0 Å². The van der Waals surface area contributed by atoms with Crippen molar-refractivity contribution in [1.82, 2.24) is 10.6 Å². The molecule has 2 aliphatic rings. The zero-order chi connectivity index (χ0) is 24.8. The Balaban J connectivity index is 1.36. The molecule has 186 valence electrons. The summed E-state index contributed by atoms with van der Waals surface area (Å²) in [6.07, 6.45) is 3.78. The van der Waals surface area contributed by atoms with E-state index in [1.165, 1.54) is 11.1 Å². The molecule has 7 nitrogen and oxygen atoms in total. The molecule has 2 amide bonds. The van der Waals surface area contributed by atoms with Gasteiger partial charge in [0.15, 0.2) is 0 Å². The van der Waals surface area contributed by atoms with Crippen LogP contribution in [0, 0.1) is 11.8 Å². The highest BCUT2D eigenvalue weighted by molar-refractivity contribution is 5.81. The second kappa shape index (κ2) is 11.4. The Labute approximate surface area is 206 Å². The van der Waals surface area contributed by atoms with Gasteiger partial charge in [0.1, 0.15) is 6.61 Å². The SMILES string of the molecule is CC(CNC(=O)[C@H]1CCCCC[C@H]1NC(=O)OCC1c2ccccc2-c2ccccc21)CC(=O)O. The molecule has 35 heavy (non-hydrogen) atoms. The minimum Gasteiger partial charge on any atom is -0.481 e. The van der Waals surface area contributed by atoms with E-state index in [1.807, 2.05) is 24.3 Å². The quantitative estimate of drug-likeness (QED) is 0.477. The van der Waals surface area contributed by atoms with Crippen LogP contribution in [0.25, 0.3) is 11.1 Å². The lowest BCUT2D eigenvalue weighted by molar-refractivity contribution is -0.138. The second-order valence-electron chi connectivity index (χ2n) is 9.77. The maximum atomic E-state index is 12.9. The van der Waals surface area contributed by atoms with Gasteiger partial charge < -0.3 is 20.5 Å². The fourth-order valence-corrected chi connectivity index (χ4v) is 5.36. The first-order valence-corrected chi connectivity index (χ1v) is 12.5. The fourth-order valence-electron chi connectivity index (χ4n) is 5.36. The Morgan fingerprint density at radius 3 is 2.26 bits per heavy atom. The summed E-state index contributed by atoms with van der Waals surface area (Å²) >= 11 is 0. The molecule has 0 heterocycles. The number of carboxylic acids is 1. The molecule has 1 unspecified atom stereocenters. The smallest absolute Gasteiger partial charge is 0.407 e. The van der Waals surface area contributed by atoms with Crippen LogP contribution in [-0.4, -0.2) is 42.3 Å². The molecule has 1 saturated carbocycles. The average Bonchev–Trinajstić information content (AvgIpc) is 2.97. The molecule has 0 bridgehead atoms. The lowest BCUT2D eigenvalue weighted by Gasteiger charge is -2.26. The molecular formula is C28H34N2O5. The fraction of sp³-hybridized carbons (Fsp3) is 0.464. The summed E-state index contributed by atoms with van der Waals surface area (Å²) in [5.74, 6) is -1.54. The van der Waals surface area contributed by atoms with E-state index in [4.69, 9.17) is 9.84 Å². The topological polar surface area (TPSA) is 105 Å². The molecule has 3 atom stereocenters. The largest absolute Gasteiger partial charge is 0.481 e. The molecule has 2 aromatic carbocycles. The molecule has 1 fully saturated rings. The summed E-state index contributed by atoms with van der Waals surface area (Å²) < 4.78 is 5.71. The molecule has 0 radical (unpaired) electrons. The Morgan fingerprint density at radius 2 is 1.60 bits per heavy atom. The zero-order valence-corrected chi connectivity index (χ0v) is 20.2. The van der Waals surface area contributed by atoms with Crippen LogP contribution in [-0.2, 0) is 14.3 Å². The molecule has 7 heteroatoms. The van der Waals surface area contributed by atoms with E-state index in [0.717, 1.165) is 30.4 Å². The molecule has 3 N–H and O–H groups in total. The standard InChI is InChI=1S/C28H34N2O5/c1-18(15-26(31)32)16-29-27(33)23-13-3-2-4-14-25(23)30-28(34)35-17-24-21-11-7-5-9-19(21)20-10-6-8-12-22(20)24/h5-12,18,23-25H,2-4,13-17H2,1H3,(H,29,33)(H,30,34)(H,31,32)/t18?,23-,25+/m0/s1. The van der Waals surface area contributed by atoms with E-state index in [2.05, 4.69) is 34.9 Å². The number of carbonyl (C=O) groups excluding carboxylic acids is 2. The highest BCUT2D eigenvalue weighted by Crippen LogP contribution is 2.44. The molecule has 2 aromatic rings. The third kappa shape index (κ3) is 6.02. The van der Waals surface area contributed by atoms with Gasteiger partial charge in [-0.2, -0.15) is 0 Å². The second-order valence-corrected chi connectivity index (χ2v) is 9.77. The highest BCUT2D eigenvalue weighted by atomic mass is 16.5. The first-order chi connectivity index (χ1) is 16.9. The number of ether oxygens (including phenoxy) is 1. The van der Waals surface area contributed by atoms with Gasteiger partial charge in [0.25, 0.3) is 0 Å². The third-order valence-corrected chi connectivity index (χ3v) is 7.15. The number of hydrogen-bond acceptors (Lipinski definition) is 4. The molecule has 0 spiro atoms. The van der Waals surface area contributed by atoms with Gasteiger partial charge in [0.05, 0.1) is 5.92 Å². The van der Waals surface area contributed by atoms with E-state index >= 15 is 0 Å². The first-order valence-electron chi connectivity index (χ1n) is 12.5. The summed E-state index contributed by atoms with van der Waals surface area (Å²) in [5.41, 5.74) is 4.66. The number of nitrogens with one attached hydrogen (secondary N) is 2. The zero-order valence-electron chi connectivity index (χ0n) is 20.2. The Morgan fingerprint density at radius 1 is 0.971 bits per heavy atom. The van der Waals surface area contributed by atoms with Gasteiger partial charge >= 0.3 is 12.1 Å². The van der Waals surface area contributed by atoms with Crippen molar-refractivity contribution in [3.05, 3.63) is 59.7 Å². The highest BCUT2D eigenvalue weighted by Gasteiger charge is 2.33. The Kier molecular flexibility index (Phi) is 8.06. The summed E-state index contributed by atoms with van der Waals surface area (Å²) in [6.45, 7) is 2.34. The minimum absolute atomic E-state index is 0.00632. The Bertz CT molecular complexity index is 1020. The van der Waals surface area contributed by atoms with Crippen LogP contribution < -0.4 is 10.6 Å². The monoisotopic (exact) mass is 478 g/mol. The van der Waals surface area contributed by atoms with Crippen molar-refractivity contribution in [1.29, 1.82) is 0 Å². The normalized spacial score (nSPS) is 20.1. The van der Waals surface area contributed by atoms with Crippen LogP contribution in [0.1, 0.15) is 62.5 Å². The van der Waals surface area contributed by atoms with Crippen molar-refractivity contribution in [3.8, 4) is 11.1 Å². The summed E-state index contributed by atoms with van der Waals surface area (Å²) in [7, 11) is 0. The molecule has 0 aromatic heterocycles. The molecule has 0 aliphatic heterocycles. The van der Waals surface area contributed by atoms with Crippen molar-refractivity contribution in [2.24, 2.45) is 11.8 Å². The molecule has 0 saturated heterocycles. The van der Waals surface area contributed by atoms with E-state index in [9.17, 15) is 14.4 Å². The number of aliphatic carboxylic acids is 1. The molecule has 4 rings (SSSR count). The van der Waals surface area contributed by atoms with Gasteiger partial charge in [-0.15, -0.1) is 0 Å². The number of fused-ring (bicyclic) bond motifs is 3. The number of amides is 2. The summed E-state index contributed by atoms with van der Waals surface area (Å²) in [4.78, 5) is 36.6. The van der Waals surface area contributed by atoms with Crippen molar-refractivity contribution < 1.29 is 24.2 Å². The van der Waals surface area contributed by atoms with Gasteiger partial charge in [-0.1, -0.05) is 74.7 Å². The van der Waals surface area contributed by atoms with Crippen molar-refractivity contribution in [2.45, 2.75) is 57.4 Å². The van der Waals surface area contributed by atoms with Gasteiger partial charge in [-0.3, -0.25) is 9.59 Å². The predicted molar refractivity (Wildman–Crippen MR) is 133 cm³/mol. The molecular weight excluding hydrogens is 444 g/mol. The van der Waals surface area contributed by atoms with Crippen LogP contribution >= 0.6 is 0 Å². The Hall–Kier alpha value is -3.35. The van der Waals surface area contributed by atoms with E-state index < -0.39 is 12.1 Å². The molecule has 2 aliphatic carbocycles. The number of hydrogen-bond donors (Lipinski definition) is 3. The van der Waals surface area contributed by atoms with E-state index in [-0.39, 0.29) is 42.7 Å². The van der Waals surface area contributed by atoms with Crippen molar-refractivity contribution >= 4 is 18.0 Å². The number of rotatable bonds is 8. The number of carboxylic acid groups (broad SMARTS) is 1. The number of alkyl carbamates (subject to hydrolysis) is 1. The van der Waals surface area contributed by atoms with E-state index in [0.29, 0.717) is 19.4 Å². The van der Waals surface area contributed by atoms with Crippen LogP contribution in [0.3, 0.4) is 0 Å². The van der Waals surface area contributed by atoms with Gasteiger partial charge in [0, 0.05) is 24.9 Å². The van der Waals surface area contributed by atoms with Crippen molar-refractivity contribution in [2.75, 3.05) is 13.2 Å². The maximum absolute atomic E-state index is 12.9. The summed E-state index contributed by atoms with van der Waals surface area (Å²) in [6, 6.07) is 16.1.